The maximum absolute atomic E-state index is 13.6. The average Bonchev–Trinajstić information content (AvgIpc) is 2.56. The third kappa shape index (κ3) is 3.26. The SMILES string of the molecule is C=C1CCC(Oc2ccc3cc(C=O)ccc3c2C(F)F)CC1. The molecule has 1 aliphatic carbocycles. The van der Waals surface area contributed by atoms with Gasteiger partial charge in [0.2, 0.25) is 0 Å². The molecular formula is C19H18F2O2. The molecule has 0 radical (unpaired) electrons. The first-order chi connectivity index (χ1) is 11.1. The van der Waals surface area contributed by atoms with Gasteiger partial charge in [0.1, 0.15) is 12.0 Å². The number of hydrogen-bond acceptors (Lipinski definition) is 2. The molecule has 0 heterocycles. The summed E-state index contributed by atoms with van der Waals surface area (Å²) in [5.74, 6) is 0.240. The number of alkyl halides is 2. The monoisotopic (exact) mass is 316 g/mol. The van der Waals surface area contributed by atoms with Gasteiger partial charge in [-0.2, -0.15) is 0 Å². The van der Waals surface area contributed by atoms with Crippen molar-refractivity contribution in [2.24, 2.45) is 0 Å². The zero-order chi connectivity index (χ0) is 16.4. The van der Waals surface area contributed by atoms with Gasteiger partial charge in [-0.25, -0.2) is 8.78 Å². The summed E-state index contributed by atoms with van der Waals surface area (Å²) in [5.41, 5.74) is 1.57. The van der Waals surface area contributed by atoms with Crippen molar-refractivity contribution in [2.45, 2.75) is 38.2 Å². The zero-order valence-corrected chi connectivity index (χ0v) is 12.7. The zero-order valence-electron chi connectivity index (χ0n) is 12.7. The maximum Gasteiger partial charge on any atom is 0.268 e. The molecule has 120 valence electrons. The fourth-order valence-corrected chi connectivity index (χ4v) is 3.05. The number of benzene rings is 2. The Labute approximate surface area is 133 Å². The fraction of sp³-hybridized carbons (Fsp3) is 0.316. The normalized spacial score (nSPS) is 16.0. The van der Waals surface area contributed by atoms with E-state index in [1.807, 2.05) is 0 Å². The van der Waals surface area contributed by atoms with Crippen LogP contribution in [0, 0.1) is 0 Å². The van der Waals surface area contributed by atoms with Crippen LogP contribution in [-0.4, -0.2) is 12.4 Å². The molecule has 2 aromatic rings. The summed E-state index contributed by atoms with van der Waals surface area (Å²) in [7, 11) is 0. The van der Waals surface area contributed by atoms with E-state index in [0.29, 0.717) is 22.6 Å². The summed E-state index contributed by atoms with van der Waals surface area (Å²) in [6.07, 6.45) is 1.41. The van der Waals surface area contributed by atoms with Gasteiger partial charge in [0.25, 0.3) is 6.43 Å². The first-order valence-electron chi connectivity index (χ1n) is 7.72. The lowest BCUT2D eigenvalue weighted by Gasteiger charge is -2.26. The molecule has 0 atom stereocenters. The van der Waals surface area contributed by atoms with Gasteiger partial charge in [-0.3, -0.25) is 4.79 Å². The van der Waals surface area contributed by atoms with Crippen LogP contribution >= 0.6 is 0 Å². The minimum atomic E-state index is -2.63. The lowest BCUT2D eigenvalue weighted by molar-refractivity contribution is 0.112. The molecule has 0 unspecified atom stereocenters. The largest absolute Gasteiger partial charge is 0.490 e. The molecule has 1 fully saturated rings. The molecule has 2 aromatic carbocycles. The molecule has 0 bridgehead atoms. The lowest BCUT2D eigenvalue weighted by Crippen LogP contribution is -2.21. The van der Waals surface area contributed by atoms with Gasteiger partial charge < -0.3 is 4.74 Å². The maximum atomic E-state index is 13.6. The number of carbonyl (C=O) groups is 1. The highest BCUT2D eigenvalue weighted by molar-refractivity contribution is 5.92. The van der Waals surface area contributed by atoms with E-state index < -0.39 is 6.43 Å². The van der Waals surface area contributed by atoms with E-state index in [4.69, 9.17) is 4.74 Å². The highest BCUT2D eigenvalue weighted by Gasteiger charge is 2.23. The van der Waals surface area contributed by atoms with Crippen LogP contribution in [0.4, 0.5) is 8.78 Å². The summed E-state index contributed by atoms with van der Waals surface area (Å²) >= 11 is 0. The summed E-state index contributed by atoms with van der Waals surface area (Å²) in [5, 5.41) is 1.05. The molecule has 4 heteroatoms. The molecule has 23 heavy (non-hydrogen) atoms. The fourth-order valence-electron chi connectivity index (χ4n) is 3.05. The Morgan fingerprint density at radius 1 is 1.17 bits per heavy atom. The van der Waals surface area contributed by atoms with Gasteiger partial charge in [-0.05, 0) is 48.6 Å². The van der Waals surface area contributed by atoms with Crippen LogP contribution < -0.4 is 4.74 Å². The van der Waals surface area contributed by atoms with Crippen LogP contribution in [0.3, 0.4) is 0 Å². The summed E-state index contributed by atoms with van der Waals surface area (Å²) < 4.78 is 33.1. The second-order valence-electron chi connectivity index (χ2n) is 5.94. The lowest BCUT2D eigenvalue weighted by atomic mass is 9.93. The Kier molecular flexibility index (Phi) is 4.42. The van der Waals surface area contributed by atoms with Crippen LogP contribution in [0.1, 0.15) is 48.0 Å². The van der Waals surface area contributed by atoms with E-state index in [2.05, 4.69) is 6.58 Å². The molecular weight excluding hydrogens is 298 g/mol. The Bertz CT molecular complexity index is 742. The van der Waals surface area contributed by atoms with Gasteiger partial charge in [0.15, 0.2) is 0 Å². The van der Waals surface area contributed by atoms with Gasteiger partial charge in [0, 0.05) is 5.56 Å². The van der Waals surface area contributed by atoms with Gasteiger partial charge in [-0.15, -0.1) is 0 Å². The summed E-state index contributed by atoms with van der Waals surface area (Å²) in [6.45, 7) is 3.95. The van der Waals surface area contributed by atoms with Gasteiger partial charge in [0.05, 0.1) is 11.7 Å². The average molecular weight is 316 g/mol. The number of fused-ring (bicyclic) bond motifs is 1. The van der Waals surface area contributed by atoms with E-state index >= 15 is 0 Å². The molecule has 1 aliphatic rings. The van der Waals surface area contributed by atoms with Crippen molar-refractivity contribution in [1.82, 2.24) is 0 Å². The topological polar surface area (TPSA) is 26.3 Å². The van der Waals surface area contributed by atoms with E-state index in [1.165, 1.54) is 5.57 Å². The van der Waals surface area contributed by atoms with Crippen LogP contribution in [0.5, 0.6) is 5.75 Å². The Hall–Kier alpha value is -2.23. The Morgan fingerprint density at radius 3 is 2.57 bits per heavy atom. The third-order valence-electron chi connectivity index (χ3n) is 4.33. The second kappa shape index (κ2) is 6.49. The first-order valence-corrected chi connectivity index (χ1v) is 7.72. The van der Waals surface area contributed by atoms with Crippen molar-refractivity contribution >= 4 is 17.1 Å². The molecule has 0 N–H and O–H groups in total. The number of carbonyl (C=O) groups excluding carboxylic acids is 1. The summed E-state index contributed by atoms with van der Waals surface area (Å²) in [4.78, 5) is 10.8. The Balaban J connectivity index is 1.97. The van der Waals surface area contributed by atoms with Crippen molar-refractivity contribution in [3.8, 4) is 5.75 Å². The summed E-state index contributed by atoms with van der Waals surface area (Å²) in [6, 6.07) is 8.04. The molecule has 0 amide bonds. The Morgan fingerprint density at radius 2 is 1.91 bits per heavy atom. The molecule has 1 saturated carbocycles. The van der Waals surface area contributed by atoms with Crippen molar-refractivity contribution in [2.75, 3.05) is 0 Å². The molecule has 0 spiro atoms. The number of halogens is 2. The second-order valence-corrected chi connectivity index (χ2v) is 5.94. The number of ether oxygens (including phenoxy) is 1. The highest BCUT2D eigenvalue weighted by Crippen LogP contribution is 2.38. The number of rotatable bonds is 4. The predicted molar refractivity (Wildman–Crippen MR) is 86.3 cm³/mol. The van der Waals surface area contributed by atoms with Gasteiger partial charge in [-0.1, -0.05) is 30.4 Å². The van der Waals surface area contributed by atoms with Crippen molar-refractivity contribution in [3.05, 3.63) is 53.6 Å². The van der Waals surface area contributed by atoms with Crippen LogP contribution in [0.2, 0.25) is 0 Å². The minimum absolute atomic E-state index is 0.0512. The smallest absolute Gasteiger partial charge is 0.268 e. The van der Waals surface area contributed by atoms with Gasteiger partial charge >= 0.3 is 0 Å². The van der Waals surface area contributed by atoms with Crippen molar-refractivity contribution in [3.63, 3.8) is 0 Å². The highest BCUT2D eigenvalue weighted by atomic mass is 19.3. The standard InChI is InChI=1S/C19H18F2O2/c1-12-2-6-15(7-3-12)23-17-9-5-14-10-13(11-22)4-8-16(14)18(17)19(20)21/h4-5,8-11,15,19H,1-3,6-7H2. The van der Waals surface area contributed by atoms with E-state index in [1.54, 1.807) is 30.3 Å². The number of allylic oxidation sites excluding steroid dienone is 1. The van der Waals surface area contributed by atoms with E-state index in [9.17, 15) is 13.6 Å². The molecule has 2 nitrogen and oxygen atoms in total. The molecule has 0 aromatic heterocycles. The number of aldehydes is 1. The number of hydrogen-bond donors (Lipinski definition) is 0. The van der Waals surface area contributed by atoms with Crippen LogP contribution in [-0.2, 0) is 0 Å². The minimum Gasteiger partial charge on any atom is -0.490 e. The van der Waals surface area contributed by atoms with Crippen LogP contribution in [0.25, 0.3) is 10.8 Å². The van der Waals surface area contributed by atoms with Crippen molar-refractivity contribution < 1.29 is 18.3 Å². The molecule has 3 rings (SSSR count). The van der Waals surface area contributed by atoms with E-state index in [-0.39, 0.29) is 17.4 Å². The quantitative estimate of drug-likeness (QED) is 0.552. The predicted octanol–water partition coefficient (Wildman–Crippen LogP) is 5.47. The molecule has 0 aliphatic heterocycles. The third-order valence-corrected chi connectivity index (χ3v) is 4.33. The van der Waals surface area contributed by atoms with Crippen molar-refractivity contribution in [1.29, 1.82) is 0 Å². The van der Waals surface area contributed by atoms with Crippen LogP contribution in [0.15, 0.2) is 42.5 Å². The molecule has 0 saturated heterocycles. The first kappa shape index (κ1) is 15.7. The van der Waals surface area contributed by atoms with E-state index in [0.717, 1.165) is 25.7 Å².